The van der Waals surface area contributed by atoms with E-state index in [-0.39, 0.29) is 42.6 Å². The Morgan fingerprint density at radius 1 is 1.14 bits per heavy atom. The molecule has 4 rings (SSSR count). The molecule has 2 saturated heterocycles. The minimum atomic E-state index is -1.19. The predicted molar refractivity (Wildman–Crippen MR) is 120 cm³/mol. The summed E-state index contributed by atoms with van der Waals surface area (Å²) < 4.78 is 5.33. The van der Waals surface area contributed by atoms with Crippen LogP contribution in [0.25, 0.3) is 0 Å². The number of rotatable bonds is 4. The summed E-state index contributed by atoms with van der Waals surface area (Å²) in [5.74, 6) is -3.69. The zero-order valence-electron chi connectivity index (χ0n) is 19.5. The summed E-state index contributed by atoms with van der Waals surface area (Å²) in [7, 11) is 0. The monoisotopic (exact) mass is 486 g/mol. The van der Waals surface area contributed by atoms with Gasteiger partial charge in [-0.25, -0.2) is 9.59 Å². The first-order chi connectivity index (χ1) is 16.4. The van der Waals surface area contributed by atoms with Crippen LogP contribution in [0.3, 0.4) is 0 Å². The van der Waals surface area contributed by atoms with Crippen molar-refractivity contribution in [3.63, 3.8) is 0 Å². The molecule has 1 aromatic carbocycles. The van der Waals surface area contributed by atoms with Gasteiger partial charge in [-0.2, -0.15) is 0 Å². The molecule has 0 aliphatic carbocycles. The van der Waals surface area contributed by atoms with Crippen LogP contribution in [0.1, 0.15) is 60.7 Å². The maximum Gasteiger partial charge on any atom is 0.411 e. The number of nitrogens with zero attached hydrogens (tertiary/aromatic N) is 2. The van der Waals surface area contributed by atoms with E-state index < -0.39 is 59.4 Å². The first kappa shape index (κ1) is 24.2. The van der Waals surface area contributed by atoms with Crippen LogP contribution in [0, 0.1) is 0 Å². The van der Waals surface area contributed by atoms with Crippen molar-refractivity contribution in [2.75, 3.05) is 11.9 Å². The fourth-order valence-corrected chi connectivity index (χ4v) is 4.55. The van der Waals surface area contributed by atoms with Crippen molar-refractivity contribution in [2.45, 2.75) is 63.8 Å². The van der Waals surface area contributed by atoms with Crippen molar-refractivity contribution in [2.24, 2.45) is 0 Å². The number of hydrogen-bond acceptors (Lipinski definition) is 8. The third-order valence-corrected chi connectivity index (χ3v) is 6.04. The fourth-order valence-electron chi connectivity index (χ4n) is 4.55. The Hall–Kier alpha value is -3.96. The number of nitrogens with one attached hydrogen (secondary N) is 2. The summed E-state index contributed by atoms with van der Waals surface area (Å²) >= 11 is 0. The quantitative estimate of drug-likeness (QED) is 0.526. The lowest BCUT2D eigenvalue weighted by Crippen LogP contribution is -2.54. The molecule has 186 valence electrons. The number of carbonyl (C=O) groups excluding carboxylic acids is 5. The second-order valence-corrected chi connectivity index (χ2v) is 9.74. The van der Waals surface area contributed by atoms with Crippen molar-refractivity contribution in [3.8, 4) is 0 Å². The van der Waals surface area contributed by atoms with E-state index >= 15 is 0 Å². The van der Waals surface area contributed by atoms with E-state index in [1.807, 2.05) is 0 Å². The van der Waals surface area contributed by atoms with Gasteiger partial charge in [-0.3, -0.25) is 34.3 Å². The average molecular weight is 486 g/mol. The maximum atomic E-state index is 13.3. The molecule has 5 amide bonds. The number of carbonyl (C=O) groups is 6. The highest BCUT2D eigenvalue weighted by Crippen LogP contribution is 2.34. The summed E-state index contributed by atoms with van der Waals surface area (Å²) in [6.45, 7) is 5.04. The van der Waals surface area contributed by atoms with Crippen molar-refractivity contribution >= 4 is 41.4 Å². The SMILES string of the molecule is CC(C)(C)OC(=O)N1CC(Nc2cccc3c2C(=O)N(C2CCC(=O)NC2=O)C3=O)CC1C(=O)O. The van der Waals surface area contributed by atoms with Crippen molar-refractivity contribution < 1.29 is 38.6 Å². The number of carboxylic acids is 1. The molecule has 12 heteroatoms. The third-order valence-electron chi connectivity index (χ3n) is 6.04. The van der Waals surface area contributed by atoms with Crippen LogP contribution >= 0.6 is 0 Å². The molecule has 0 saturated carbocycles. The van der Waals surface area contributed by atoms with Gasteiger partial charge >= 0.3 is 12.1 Å². The van der Waals surface area contributed by atoms with Crippen LogP contribution in [0.5, 0.6) is 0 Å². The Bertz CT molecular complexity index is 1140. The standard InChI is InChI=1S/C23H26N4O8/c1-23(2,3)35-22(34)26-10-11(9-15(26)21(32)33)24-13-6-4-5-12-17(13)20(31)27(19(12)30)14-7-8-16(28)25-18(14)29/h4-6,11,14-15,24H,7-10H2,1-3H3,(H,32,33)(H,25,28,29). The summed E-state index contributed by atoms with van der Waals surface area (Å²) in [6, 6.07) is 1.84. The van der Waals surface area contributed by atoms with Crippen LogP contribution < -0.4 is 10.6 Å². The minimum Gasteiger partial charge on any atom is -0.480 e. The van der Waals surface area contributed by atoms with Crippen molar-refractivity contribution in [1.29, 1.82) is 0 Å². The number of piperidine rings is 1. The molecule has 0 aromatic heterocycles. The Balaban J connectivity index is 1.56. The van der Waals surface area contributed by atoms with Crippen molar-refractivity contribution in [1.82, 2.24) is 15.1 Å². The zero-order chi connectivity index (χ0) is 25.7. The Morgan fingerprint density at radius 2 is 1.86 bits per heavy atom. The van der Waals surface area contributed by atoms with Crippen LogP contribution in [0.15, 0.2) is 18.2 Å². The number of fused-ring (bicyclic) bond motifs is 1. The zero-order valence-corrected chi connectivity index (χ0v) is 19.5. The van der Waals surface area contributed by atoms with E-state index in [0.717, 1.165) is 9.80 Å². The van der Waals surface area contributed by atoms with Gasteiger partial charge in [0.25, 0.3) is 11.8 Å². The lowest BCUT2D eigenvalue weighted by molar-refractivity contribution is -0.142. The number of aliphatic carboxylic acids is 1. The second-order valence-electron chi connectivity index (χ2n) is 9.74. The molecule has 12 nitrogen and oxygen atoms in total. The van der Waals surface area contributed by atoms with E-state index in [1.54, 1.807) is 32.9 Å². The molecule has 3 heterocycles. The van der Waals surface area contributed by atoms with Gasteiger partial charge in [-0.15, -0.1) is 0 Å². The van der Waals surface area contributed by atoms with Gasteiger partial charge in [-0.1, -0.05) is 6.07 Å². The number of benzene rings is 1. The topological polar surface area (TPSA) is 162 Å². The van der Waals surface area contributed by atoms with E-state index in [4.69, 9.17) is 4.74 Å². The number of amides is 5. The Morgan fingerprint density at radius 3 is 2.49 bits per heavy atom. The predicted octanol–water partition coefficient (Wildman–Crippen LogP) is 0.962. The van der Waals surface area contributed by atoms with Crippen LogP contribution in [0.2, 0.25) is 0 Å². The molecule has 1 aromatic rings. The van der Waals surface area contributed by atoms with Gasteiger partial charge in [0.05, 0.1) is 11.1 Å². The van der Waals surface area contributed by atoms with Crippen LogP contribution in [0.4, 0.5) is 10.5 Å². The molecule has 3 aliphatic heterocycles. The van der Waals surface area contributed by atoms with Gasteiger partial charge in [-0.05, 0) is 39.3 Å². The summed E-state index contributed by atoms with van der Waals surface area (Å²) in [5.41, 5.74) is -0.361. The number of imide groups is 2. The molecule has 35 heavy (non-hydrogen) atoms. The molecule has 0 spiro atoms. The summed E-state index contributed by atoms with van der Waals surface area (Å²) in [4.78, 5) is 76.4. The van der Waals surface area contributed by atoms with Gasteiger partial charge in [0.1, 0.15) is 17.7 Å². The lowest BCUT2D eigenvalue weighted by Gasteiger charge is -2.28. The first-order valence-corrected chi connectivity index (χ1v) is 11.2. The fraction of sp³-hybridized carbons (Fsp3) is 0.478. The molecule has 2 fully saturated rings. The number of anilines is 1. The van der Waals surface area contributed by atoms with Crippen LogP contribution in [-0.2, 0) is 19.1 Å². The normalized spacial score (nSPS) is 24.4. The maximum absolute atomic E-state index is 13.3. The van der Waals surface area contributed by atoms with Crippen LogP contribution in [-0.4, -0.2) is 80.9 Å². The second kappa shape index (κ2) is 8.67. The lowest BCUT2D eigenvalue weighted by atomic mass is 10.0. The molecule has 3 unspecified atom stereocenters. The third kappa shape index (κ3) is 4.55. The molecule has 3 atom stereocenters. The summed E-state index contributed by atoms with van der Waals surface area (Å²) in [6.07, 6.45) is -0.666. The van der Waals surface area contributed by atoms with Gasteiger partial charge in [0, 0.05) is 31.1 Å². The highest BCUT2D eigenvalue weighted by Gasteiger charge is 2.47. The van der Waals surface area contributed by atoms with Gasteiger partial charge < -0.3 is 15.2 Å². The number of ether oxygens (including phenoxy) is 1. The molecule has 0 bridgehead atoms. The smallest absolute Gasteiger partial charge is 0.411 e. The highest BCUT2D eigenvalue weighted by molar-refractivity contribution is 6.25. The molecular weight excluding hydrogens is 460 g/mol. The molecule has 3 aliphatic rings. The highest BCUT2D eigenvalue weighted by atomic mass is 16.6. The number of hydrogen-bond donors (Lipinski definition) is 3. The van der Waals surface area contributed by atoms with Crippen molar-refractivity contribution in [3.05, 3.63) is 29.3 Å². The Labute approximate surface area is 200 Å². The summed E-state index contributed by atoms with van der Waals surface area (Å²) in [5, 5.41) is 14.9. The average Bonchev–Trinajstić information content (AvgIpc) is 3.28. The largest absolute Gasteiger partial charge is 0.480 e. The van der Waals surface area contributed by atoms with E-state index in [1.165, 1.54) is 6.07 Å². The minimum absolute atomic E-state index is 0.00801. The number of likely N-dealkylation sites (tertiary alicyclic amines) is 1. The van der Waals surface area contributed by atoms with E-state index in [0.29, 0.717) is 0 Å². The van der Waals surface area contributed by atoms with Gasteiger partial charge in [0.15, 0.2) is 0 Å². The van der Waals surface area contributed by atoms with E-state index in [9.17, 15) is 33.9 Å². The Kier molecular flexibility index (Phi) is 5.99. The first-order valence-electron chi connectivity index (χ1n) is 11.2. The van der Waals surface area contributed by atoms with E-state index in [2.05, 4.69) is 10.6 Å². The van der Waals surface area contributed by atoms with Gasteiger partial charge in [0.2, 0.25) is 11.8 Å². The molecule has 0 radical (unpaired) electrons. The number of carboxylic acid groups (broad SMARTS) is 1. The molecular formula is C23H26N4O8. The molecule has 3 N–H and O–H groups in total.